The molecule has 0 aromatic heterocycles. The summed E-state index contributed by atoms with van der Waals surface area (Å²) in [5.74, 6) is -2.77. The van der Waals surface area contributed by atoms with Crippen molar-refractivity contribution < 1.29 is 38.2 Å². The van der Waals surface area contributed by atoms with Crippen molar-refractivity contribution in [1.29, 1.82) is 0 Å². The first kappa shape index (κ1) is 28.2. The van der Waals surface area contributed by atoms with Crippen LogP contribution < -0.4 is 21.3 Å². The number of methoxy groups -OCH3 is 2. The molecule has 0 saturated heterocycles. The highest BCUT2D eigenvalue weighted by Crippen LogP contribution is 2.31. The van der Waals surface area contributed by atoms with Crippen molar-refractivity contribution in [1.82, 2.24) is 10.6 Å². The van der Waals surface area contributed by atoms with Crippen LogP contribution in [0.25, 0.3) is 0 Å². The second kappa shape index (κ2) is 12.2. The fraction of sp³-hybridized carbons (Fsp3) is 0.308. The molecule has 0 saturated carbocycles. The zero-order valence-corrected chi connectivity index (χ0v) is 21.3. The highest BCUT2D eigenvalue weighted by atomic mass is 16.5. The van der Waals surface area contributed by atoms with Gasteiger partial charge < -0.3 is 20.1 Å². The molecule has 0 unspecified atom stereocenters. The Morgan fingerprint density at radius 3 is 1.39 bits per heavy atom. The Balaban J connectivity index is 1.71. The number of anilines is 2. The van der Waals surface area contributed by atoms with Crippen molar-refractivity contribution in [3.05, 3.63) is 58.7 Å². The van der Waals surface area contributed by atoms with Gasteiger partial charge in [-0.2, -0.15) is 0 Å². The van der Waals surface area contributed by atoms with Gasteiger partial charge in [0.25, 0.3) is 0 Å². The summed E-state index contributed by atoms with van der Waals surface area (Å²) >= 11 is 0. The number of rotatable bonds is 10. The molecule has 2 atom stereocenters. The van der Waals surface area contributed by atoms with E-state index in [1.165, 1.54) is 50.6 Å². The lowest BCUT2D eigenvalue weighted by Gasteiger charge is -2.19. The lowest BCUT2D eigenvalue weighted by Crippen LogP contribution is -2.39. The van der Waals surface area contributed by atoms with Crippen molar-refractivity contribution in [2.24, 2.45) is 0 Å². The van der Waals surface area contributed by atoms with Crippen molar-refractivity contribution >= 4 is 46.7 Å². The molecule has 1 aliphatic rings. The molecule has 0 heterocycles. The van der Waals surface area contributed by atoms with E-state index in [1.807, 2.05) is 0 Å². The summed E-state index contributed by atoms with van der Waals surface area (Å²) < 4.78 is 9.19. The summed E-state index contributed by atoms with van der Waals surface area (Å²) in [5, 5.41) is 10.7. The second-order valence-corrected chi connectivity index (χ2v) is 8.53. The monoisotopic (exact) mass is 524 g/mol. The zero-order valence-electron chi connectivity index (χ0n) is 21.3. The van der Waals surface area contributed by atoms with E-state index in [1.54, 1.807) is 13.8 Å². The topological polar surface area (TPSA) is 169 Å². The maximum atomic E-state index is 13.3. The van der Waals surface area contributed by atoms with Crippen LogP contribution in [0.4, 0.5) is 11.4 Å². The van der Waals surface area contributed by atoms with Crippen LogP contribution in [0.5, 0.6) is 0 Å². The minimum absolute atomic E-state index is 0.105. The predicted molar refractivity (Wildman–Crippen MR) is 136 cm³/mol. The van der Waals surface area contributed by atoms with Gasteiger partial charge in [-0.05, 0) is 50.2 Å². The van der Waals surface area contributed by atoms with E-state index in [4.69, 9.17) is 0 Å². The lowest BCUT2D eigenvalue weighted by molar-refractivity contribution is -0.143. The van der Waals surface area contributed by atoms with Crippen molar-refractivity contribution in [3.63, 3.8) is 0 Å². The average molecular weight is 525 g/mol. The van der Waals surface area contributed by atoms with Crippen LogP contribution in [-0.4, -0.2) is 74.7 Å². The Labute approximate surface area is 218 Å². The molecule has 1 aliphatic carbocycles. The average Bonchev–Trinajstić information content (AvgIpc) is 2.92. The molecule has 0 bridgehead atoms. The third-order valence-corrected chi connectivity index (χ3v) is 5.83. The maximum Gasteiger partial charge on any atom is 0.322 e. The number of amides is 2. The number of carbonyl (C=O) groups is 6. The molecule has 200 valence electrons. The van der Waals surface area contributed by atoms with Crippen LogP contribution >= 0.6 is 0 Å². The molecule has 12 nitrogen and oxygen atoms in total. The summed E-state index contributed by atoms with van der Waals surface area (Å²) in [6, 6.07) is 7.37. The third-order valence-electron chi connectivity index (χ3n) is 5.83. The number of benzene rings is 2. The summed E-state index contributed by atoms with van der Waals surface area (Å²) in [4.78, 5) is 73.8. The molecule has 2 aromatic carbocycles. The first-order valence-corrected chi connectivity index (χ1v) is 11.6. The van der Waals surface area contributed by atoms with Crippen LogP contribution in [0.1, 0.15) is 45.7 Å². The molecule has 2 amide bonds. The molecular weight excluding hydrogens is 496 g/mol. The minimum atomic E-state index is -0.688. The number of hydrogen-bond donors (Lipinski definition) is 4. The number of esters is 2. The highest BCUT2D eigenvalue weighted by molar-refractivity contribution is 6.29. The fourth-order valence-electron chi connectivity index (χ4n) is 3.73. The van der Waals surface area contributed by atoms with Crippen LogP contribution in [0.3, 0.4) is 0 Å². The summed E-state index contributed by atoms with van der Waals surface area (Å²) in [6.45, 7) is 2.74. The molecule has 3 rings (SSSR count). The predicted octanol–water partition coefficient (Wildman–Crippen LogP) is 0.641. The van der Waals surface area contributed by atoms with E-state index in [9.17, 15) is 28.8 Å². The molecule has 4 N–H and O–H groups in total. The Kier molecular flexibility index (Phi) is 9.05. The Hall–Kier alpha value is -4.42. The van der Waals surface area contributed by atoms with Crippen LogP contribution in [-0.2, 0) is 28.7 Å². The zero-order chi connectivity index (χ0) is 28.0. The Morgan fingerprint density at radius 1 is 0.658 bits per heavy atom. The van der Waals surface area contributed by atoms with E-state index >= 15 is 0 Å². The quantitative estimate of drug-likeness (QED) is 0.276. The number of ketones is 2. The highest BCUT2D eigenvalue weighted by Gasteiger charge is 2.30. The smallest absolute Gasteiger partial charge is 0.322 e. The lowest BCUT2D eigenvalue weighted by atomic mass is 9.83. The van der Waals surface area contributed by atoms with Crippen molar-refractivity contribution in [3.8, 4) is 0 Å². The van der Waals surface area contributed by atoms with Gasteiger partial charge in [0, 0.05) is 33.6 Å². The Morgan fingerprint density at radius 2 is 1.03 bits per heavy atom. The number of fused-ring (bicyclic) bond motifs is 2. The first-order chi connectivity index (χ1) is 18.0. The van der Waals surface area contributed by atoms with Gasteiger partial charge in [0.1, 0.15) is 12.1 Å². The van der Waals surface area contributed by atoms with Gasteiger partial charge in [-0.1, -0.05) is 0 Å². The van der Waals surface area contributed by atoms with Gasteiger partial charge in [-0.15, -0.1) is 0 Å². The van der Waals surface area contributed by atoms with Gasteiger partial charge in [0.2, 0.25) is 11.8 Å². The van der Waals surface area contributed by atoms with E-state index in [0.717, 1.165) is 0 Å². The Bertz CT molecular complexity index is 1210. The summed E-state index contributed by atoms with van der Waals surface area (Å²) in [5.41, 5.74) is 1.18. The molecular formula is C26H28N4O8. The number of carbonyl (C=O) groups excluding carboxylic acids is 6. The maximum absolute atomic E-state index is 13.3. The van der Waals surface area contributed by atoms with Crippen LogP contribution in [0.15, 0.2) is 36.4 Å². The SMILES string of the molecule is COC(=O)[C@H](C)NCC(=O)Nc1ccc2c(c1)C(=O)c1cc(NC(=O)CN[C@@H](C)C(=O)OC)ccc1C2=O. The molecule has 2 aromatic rings. The standard InChI is InChI=1S/C26H28N4O8/c1-13(25(35)37-3)27-11-21(31)29-15-5-7-17-19(9-15)24(34)20-10-16(6-8-18(20)23(17)33)30-22(32)12-28-14(2)26(36)38-4/h5-10,13-14,27-28H,11-12H2,1-4H3,(H,29,31)(H,30,32)/t13-,14-/m0/s1. The van der Waals surface area contributed by atoms with Gasteiger partial charge in [-0.25, -0.2) is 0 Å². The molecule has 12 heteroatoms. The van der Waals surface area contributed by atoms with Crippen molar-refractivity contribution in [2.75, 3.05) is 37.9 Å². The minimum Gasteiger partial charge on any atom is -0.468 e. The van der Waals surface area contributed by atoms with Gasteiger partial charge in [-0.3, -0.25) is 39.4 Å². The molecule has 0 spiro atoms. The molecule has 0 radical (unpaired) electrons. The largest absolute Gasteiger partial charge is 0.468 e. The van der Waals surface area contributed by atoms with Gasteiger partial charge in [0.15, 0.2) is 11.6 Å². The third kappa shape index (κ3) is 6.47. The van der Waals surface area contributed by atoms with E-state index in [-0.39, 0.29) is 41.1 Å². The van der Waals surface area contributed by atoms with Gasteiger partial charge in [0.05, 0.1) is 27.3 Å². The van der Waals surface area contributed by atoms with Crippen LogP contribution in [0, 0.1) is 0 Å². The van der Waals surface area contributed by atoms with E-state index < -0.39 is 41.6 Å². The first-order valence-electron chi connectivity index (χ1n) is 11.6. The van der Waals surface area contributed by atoms with Crippen LogP contribution in [0.2, 0.25) is 0 Å². The van der Waals surface area contributed by atoms with Gasteiger partial charge >= 0.3 is 11.9 Å². The summed E-state index contributed by atoms with van der Waals surface area (Å²) in [6.07, 6.45) is 0. The number of hydrogen-bond acceptors (Lipinski definition) is 10. The second-order valence-electron chi connectivity index (χ2n) is 8.53. The van der Waals surface area contributed by atoms with E-state index in [0.29, 0.717) is 11.4 Å². The normalized spacial score (nSPS) is 13.5. The fourth-order valence-corrected chi connectivity index (χ4v) is 3.73. The number of ether oxygens (including phenoxy) is 2. The molecule has 0 fully saturated rings. The summed E-state index contributed by atoms with van der Waals surface area (Å²) in [7, 11) is 2.48. The van der Waals surface area contributed by atoms with Crippen molar-refractivity contribution in [2.45, 2.75) is 25.9 Å². The molecule has 0 aliphatic heterocycles. The van der Waals surface area contributed by atoms with E-state index in [2.05, 4.69) is 30.7 Å². The molecule has 38 heavy (non-hydrogen) atoms. The number of nitrogens with one attached hydrogen (secondary N) is 4.